The van der Waals surface area contributed by atoms with Crippen molar-refractivity contribution in [2.24, 2.45) is 5.92 Å². The van der Waals surface area contributed by atoms with Gasteiger partial charge in [-0.15, -0.1) is 0 Å². The number of hydrogen-bond acceptors (Lipinski definition) is 2. The SMILES string of the molecule is O=C(NCc1ccc(F)cc1)c1ccc(CNC(=O)C2CCCCC2)cc1. The molecule has 2 aromatic rings. The number of halogens is 1. The van der Waals surface area contributed by atoms with E-state index < -0.39 is 0 Å². The molecule has 0 radical (unpaired) electrons. The van der Waals surface area contributed by atoms with Crippen LogP contribution in [0.2, 0.25) is 0 Å². The minimum Gasteiger partial charge on any atom is -0.352 e. The molecule has 142 valence electrons. The predicted molar refractivity (Wildman–Crippen MR) is 102 cm³/mol. The summed E-state index contributed by atoms with van der Waals surface area (Å²) >= 11 is 0. The number of rotatable bonds is 6. The van der Waals surface area contributed by atoms with Crippen molar-refractivity contribution in [3.8, 4) is 0 Å². The van der Waals surface area contributed by atoms with Crippen LogP contribution in [0.3, 0.4) is 0 Å². The van der Waals surface area contributed by atoms with Crippen molar-refractivity contribution >= 4 is 11.8 Å². The fourth-order valence-electron chi connectivity index (χ4n) is 3.36. The summed E-state index contributed by atoms with van der Waals surface area (Å²) in [6, 6.07) is 13.3. The molecule has 0 bridgehead atoms. The van der Waals surface area contributed by atoms with Gasteiger partial charge in [-0.3, -0.25) is 9.59 Å². The van der Waals surface area contributed by atoms with Crippen LogP contribution in [0.25, 0.3) is 0 Å². The first-order valence-electron chi connectivity index (χ1n) is 9.51. The Morgan fingerprint density at radius 1 is 0.815 bits per heavy atom. The molecule has 1 aliphatic carbocycles. The van der Waals surface area contributed by atoms with E-state index in [0.29, 0.717) is 18.7 Å². The molecule has 2 amide bonds. The van der Waals surface area contributed by atoms with Crippen LogP contribution in [0.4, 0.5) is 4.39 Å². The molecular formula is C22H25FN2O2. The predicted octanol–water partition coefficient (Wildman–Crippen LogP) is 3.95. The van der Waals surface area contributed by atoms with E-state index in [4.69, 9.17) is 0 Å². The van der Waals surface area contributed by atoms with Gasteiger partial charge < -0.3 is 10.6 Å². The minimum absolute atomic E-state index is 0.135. The molecule has 0 aliphatic heterocycles. The average molecular weight is 368 g/mol. The third-order valence-corrected chi connectivity index (χ3v) is 5.03. The first-order valence-corrected chi connectivity index (χ1v) is 9.51. The highest BCUT2D eigenvalue weighted by atomic mass is 19.1. The number of carbonyl (C=O) groups is 2. The molecule has 0 spiro atoms. The molecular weight excluding hydrogens is 343 g/mol. The lowest BCUT2D eigenvalue weighted by Crippen LogP contribution is -2.31. The number of nitrogens with one attached hydrogen (secondary N) is 2. The van der Waals surface area contributed by atoms with Crippen LogP contribution in [-0.4, -0.2) is 11.8 Å². The summed E-state index contributed by atoms with van der Waals surface area (Å²) in [4.78, 5) is 24.4. The molecule has 3 rings (SSSR count). The Hall–Kier alpha value is -2.69. The van der Waals surface area contributed by atoms with Crippen molar-refractivity contribution < 1.29 is 14.0 Å². The van der Waals surface area contributed by atoms with Crippen LogP contribution in [0, 0.1) is 11.7 Å². The fraction of sp³-hybridized carbons (Fsp3) is 0.364. The third-order valence-electron chi connectivity index (χ3n) is 5.03. The van der Waals surface area contributed by atoms with E-state index in [2.05, 4.69) is 10.6 Å². The van der Waals surface area contributed by atoms with Gasteiger partial charge in [-0.05, 0) is 48.2 Å². The lowest BCUT2D eigenvalue weighted by molar-refractivity contribution is -0.126. The van der Waals surface area contributed by atoms with Crippen molar-refractivity contribution in [3.05, 3.63) is 71.0 Å². The molecule has 1 aliphatic rings. The van der Waals surface area contributed by atoms with Crippen molar-refractivity contribution in [3.63, 3.8) is 0 Å². The molecule has 5 heteroatoms. The second-order valence-corrected chi connectivity index (χ2v) is 7.06. The highest BCUT2D eigenvalue weighted by Gasteiger charge is 2.20. The van der Waals surface area contributed by atoms with Gasteiger partial charge in [-0.1, -0.05) is 43.5 Å². The van der Waals surface area contributed by atoms with Crippen LogP contribution in [0.5, 0.6) is 0 Å². The van der Waals surface area contributed by atoms with Crippen molar-refractivity contribution in [2.75, 3.05) is 0 Å². The van der Waals surface area contributed by atoms with Crippen LogP contribution < -0.4 is 10.6 Å². The van der Waals surface area contributed by atoms with Crippen molar-refractivity contribution in [2.45, 2.75) is 45.2 Å². The summed E-state index contributed by atoms with van der Waals surface area (Å²) in [5.41, 5.74) is 2.36. The van der Waals surface area contributed by atoms with Gasteiger partial charge in [0.1, 0.15) is 5.82 Å². The Kier molecular flexibility index (Phi) is 6.58. The number of benzene rings is 2. The number of amides is 2. The lowest BCUT2D eigenvalue weighted by Gasteiger charge is -2.20. The van der Waals surface area contributed by atoms with E-state index in [1.807, 2.05) is 12.1 Å². The first kappa shape index (κ1) is 19.1. The summed E-state index contributed by atoms with van der Waals surface area (Å²) in [6.07, 6.45) is 5.48. The highest BCUT2D eigenvalue weighted by Crippen LogP contribution is 2.23. The molecule has 0 saturated heterocycles. The molecule has 27 heavy (non-hydrogen) atoms. The van der Waals surface area contributed by atoms with Gasteiger partial charge in [0.05, 0.1) is 0 Å². The standard InChI is InChI=1S/C22H25FN2O2/c23-20-12-8-17(9-13-20)15-25-22(27)19-10-6-16(7-11-19)14-24-21(26)18-4-2-1-3-5-18/h6-13,18H,1-5,14-15H2,(H,24,26)(H,25,27). The zero-order chi connectivity index (χ0) is 19.1. The second-order valence-electron chi connectivity index (χ2n) is 7.06. The summed E-state index contributed by atoms with van der Waals surface area (Å²) in [6.45, 7) is 0.825. The topological polar surface area (TPSA) is 58.2 Å². The van der Waals surface area contributed by atoms with Crippen LogP contribution in [-0.2, 0) is 17.9 Å². The highest BCUT2D eigenvalue weighted by molar-refractivity contribution is 5.94. The van der Waals surface area contributed by atoms with Gasteiger partial charge in [0.2, 0.25) is 5.91 Å². The fourth-order valence-corrected chi connectivity index (χ4v) is 3.36. The monoisotopic (exact) mass is 368 g/mol. The molecule has 0 atom stereocenters. The van der Waals surface area contributed by atoms with E-state index >= 15 is 0 Å². The summed E-state index contributed by atoms with van der Waals surface area (Å²) in [7, 11) is 0. The first-order chi connectivity index (χ1) is 13.1. The molecule has 0 heterocycles. The third kappa shape index (κ3) is 5.64. The molecule has 1 fully saturated rings. The van der Waals surface area contributed by atoms with E-state index in [1.165, 1.54) is 18.6 Å². The molecule has 0 unspecified atom stereocenters. The van der Waals surface area contributed by atoms with Crippen LogP contribution in [0.1, 0.15) is 53.6 Å². The maximum Gasteiger partial charge on any atom is 0.251 e. The van der Waals surface area contributed by atoms with Crippen LogP contribution in [0.15, 0.2) is 48.5 Å². The summed E-state index contributed by atoms with van der Waals surface area (Å²) < 4.78 is 12.9. The van der Waals surface area contributed by atoms with Crippen molar-refractivity contribution in [1.82, 2.24) is 10.6 Å². The lowest BCUT2D eigenvalue weighted by atomic mass is 9.88. The molecule has 2 aromatic carbocycles. The van der Waals surface area contributed by atoms with Crippen molar-refractivity contribution in [1.29, 1.82) is 0 Å². The molecule has 1 saturated carbocycles. The minimum atomic E-state index is -0.295. The average Bonchev–Trinajstić information content (AvgIpc) is 2.72. The molecule has 4 nitrogen and oxygen atoms in total. The zero-order valence-electron chi connectivity index (χ0n) is 15.3. The number of hydrogen-bond donors (Lipinski definition) is 2. The van der Waals surface area contributed by atoms with Gasteiger partial charge in [-0.2, -0.15) is 0 Å². The maximum atomic E-state index is 12.9. The zero-order valence-corrected chi connectivity index (χ0v) is 15.3. The number of carbonyl (C=O) groups excluding carboxylic acids is 2. The quantitative estimate of drug-likeness (QED) is 0.811. The van der Waals surface area contributed by atoms with Gasteiger partial charge in [0, 0.05) is 24.6 Å². The van der Waals surface area contributed by atoms with Gasteiger partial charge in [0.15, 0.2) is 0 Å². The van der Waals surface area contributed by atoms with E-state index in [0.717, 1.165) is 36.8 Å². The van der Waals surface area contributed by atoms with E-state index in [1.54, 1.807) is 24.3 Å². The van der Waals surface area contributed by atoms with Gasteiger partial charge in [-0.25, -0.2) is 4.39 Å². The molecule has 0 aromatic heterocycles. The summed E-state index contributed by atoms with van der Waals surface area (Å²) in [5.74, 6) is -0.195. The van der Waals surface area contributed by atoms with Crippen LogP contribution >= 0.6 is 0 Å². The van der Waals surface area contributed by atoms with Gasteiger partial charge in [0.25, 0.3) is 5.91 Å². The van der Waals surface area contributed by atoms with E-state index in [-0.39, 0.29) is 23.5 Å². The largest absolute Gasteiger partial charge is 0.352 e. The van der Waals surface area contributed by atoms with Gasteiger partial charge >= 0.3 is 0 Å². The van der Waals surface area contributed by atoms with E-state index in [9.17, 15) is 14.0 Å². The molecule has 2 N–H and O–H groups in total. The Balaban J connectivity index is 1.46. The summed E-state index contributed by atoms with van der Waals surface area (Å²) in [5, 5.41) is 5.81. The normalized spacial score (nSPS) is 14.6. The Morgan fingerprint density at radius 3 is 2.00 bits per heavy atom. The Bertz CT molecular complexity index is 766. The maximum absolute atomic E-state index is 12.9. The Morgan fingerprint density at radius 2 is 1.37 bits per heavy atom. The second kappa shape index (κ2) is 9.31. The Labute approximate surface area is 159 Å². The smallest absolute Gasteiger partial charge is 0.251 e.